The SMILES string of the molecule is COC(=O)C1CCN(c2cc(-c3ccccc3)nc3ncnn23)CC1. The number of ether oxygens (including phenoxy) is 1. The lowest BCUT2D eigenvalue weighted by Gasteiger charge is -2.32. The molecule has 0 aliphatic carbocycles. The zero-order chi connectivity index (χ0) is 17.2. The zero-order valence-corrected chi connectivity index (χ0v) is 14.0. The van der Waals surface area contributed by atoms with Gasteiger partial charge in [-0.15, -0.1) is 0 Å². The van der Waals surface area contributed by atoms with E-state index in [9.17, 15) is 4.79 Å². The standard InChI is InChI=1S/C18H19N5O2/c1-25-17(24)14-7-9-22(10-8-14)16-11-15(13-5-3-2-4-6-13)21-18-19-12-20-23(16)18/h2-6,11-12,14H,7-10H2,1H3. The highest BCUT2D eigenvalue weighted by atomic mass is 16.5. The van der Waals surface area contributed by atoms with Gasteiger partial charge in [0, 0.05) is 24.7 Å². The second-order valence-corrected chi connectivity index (χ2v) is 6.12. The first-order chi connectivity index (χ1) is 12.3. The Morgan fingerprint density at radius 1 is 1.20 bits per heavy atom. The molecule has 0 amide bonds. The molecule has 0 atom stereocenters. The van der Waals surface area contributed by atoms with Crippen LogP contribution in [0.4, 0.5) is 5.82 Å². The van der Waals surface area contributed by atoms with E-state index < -0.39 is 0 Å². The number of rotatable bonds is 3. The normalized spacial score (nSPS) is 15.5. The molecule has 1 aliphatic rings. The number of aromatic nitrogens is 4. The fourth-order valence-electron chi connectivity index (χ4n) is 3.29. The quantitative estimate of drug-likeness (QED) is 0.682. The lowest BCUT2D eigenvalue weighted by molar-refractivity contribution is -0.146. The van der Waals surface area contributed by atoms with Crippen LogP contribution >= 0.6 is 0 Å². The number of fused-ring (bicyclic) bond motifs is 1. The first kappa shape index (κ1) is 15.6. The average molecular weight is 337 g/mol. The van der Waals surface area contributed by atoms with E-state index in [1.54, 1.807) is 4.52 Å². The third kappa shape index (κ3) is 2.93. The first-order valence-electron chi connectivity index (χ1n) is 8.35. The van der Waals surface area contributed by atoms with Crippen LogP contribution < -0.4 is 4.90 Å². The molecule has 0 radical (unpaired) electrons. The van der Waals surface area contributed by atoms with Crippen LogP contribution in [0.15, 0.2) is 42.7 Å². The lowest BCUT2D eigenvalue weighted by Crippen LogP contribution is -2.37. The predicted molar refractivity (Wildman–Crippen MR) is 93.2 cm³/mol. The highest BCUT2D eigenvalue weighted by Crippen LogP contribution is 2.27. The van der Waals surface area contributed by atoms with E-state index in [0.29, 0.717) is 5.78 Å². The summed E-state index contributed by atoms with van der Waals surface area (Å²) in [6, 6.07) is 12.1. The van der Waals surface area contributed by atoms with Crippen LogP contribution in [0.3, 0.4) is 0 Å². The van der Waals surface area contributed by atoms with Crippen molar-refractivity contribution in [2.75, 3.05) is 25.1 Å². The topological polar surface area (TPSA) is 72.6 Å². The second-order valence-electron chi connectivity index (χ2n) is 6.12. The van der Waals surface area contributed by atoms with Gasteiger partial charge in [0.1, 0.15) is 12.1 Å². The van der Waals surface area contributed by atoms with Crippen molar-refractivity contribution in [3.8, 4) is 11.3 Å². The van der Waals surface area contributed by atoms with Crippen molar-refractivity contribution in [1.29, 1.82) is 0 Å². The molecule has 3 aromatic rings. The maximum Gasteiger partial charge on any atom is 0.308 e. The van der Waals surface area contributed by atoms with Gasteiger partial charge in [-0.1, -0.05) is 30.3 Å². The van der Waals surface area contributed by atoms with E-state index in [4.69, 9.17) is 4.74 Å². The number of methoxy groups -OCH3 is 1. The third-order valence-electron chi connectivity index (χ3n) is 4.66. The maximum atomic E-state index is 11.7. The molecular formula is C18H19N5O2. The van der Waals surface area contributed by atoms with Crippen molar-refractivity contribution in [2.24, 2.45) is 5.92 Å². The van der Waals surface area contributed by atoms with Gasteiger partial charge >= 0.3 is 5.97 Å². The summed E-state index contributed by atoms with van der Waals surface area (Å²) in [6.07, 6.45) is 3.06. The second kappa shape index (κ2) is 6.51. The van der Waals surface area contributed by atoms with E-state index in [0.717, 1.165) is 43.0 Å². The van der Waals surface area contributed by atoms with Crippen molar-refractivity contribution >= 4 is 17.6 Å². The van der Waals surface area contributed by atoms with Crippen molar-refractivity contribution in [3.05, 3.63) is 42.7 Å². The van der Waals surface area contributed by atoms with Crippen LogP contribution in [-0.4, -0.2) is 45.8 Å². The minimum Gasteiger partial charge on any atom is -0.469 e. The Hall–Kier alpha value is -2.96. The summed E-state index contributed by atoms with van der Waals surface area (Å²) < 4.78 is 6.63. The smallest absolute Gasteiger partial charge is 0.308 e. The molecule has 0 bridgehead atoms. The summed E-state index contributed by atoms with van der Waals surface area (Å²) >= 11 is 0. The van der Waals surface area contributed by atoms with Gasteiger partial charge < -0.3 is 9.64 Å². The molecule has 25 heavy (non-hydrogen) atoms. The molecule has 1 fully saturated rings. The Kier molecular flexibility index (Phi) is 4.05. The van der Waals surface area contributed by atoms with Crippen molar-refractivity contribution < 1.29 is 9.53 Å². The Bertz CT molecular complexity index is 885. The molecule has 0 saturated carbocycles. The largest absolute Gasteiger partial charge is 0.469 e. The fourth-order valence-corrected chi connectivity index (χ4v) is 3.29. The molecule has 1 saturated heterocycles. The summed E-state index contributed by atoms with van der Waals surface area (Å²) in [4.78, 5) is 22.8. The van der Waals surface area contributed by atoms with Gasteiger partial charge in [-0.05, 0) is 12.8 Å². The number of anilines is 1. The predicted octanol–water partition coefficient (Wildman–Crippen LogP) is 2.18. The molecule has 1 aliphatic heterocycles. The molecular weight excluding hydrogens is 318 g/mol. The van der Waals surface area contributed by atoms with Gasteiger partial charge in [-0.2, -0.15) is 14.6 Å². The highest BCUT2D eigenvalue weighted by molar-refractivity contribution is 5.73. The molecule has 2 aromatic heterocycles. The van der Waals surface area contributed by atoms with E-state index >= 15 is 0 Å². The zero-order valence-electron chi connectivity index (χ0n) is 14.0. The van der Waals surface area contributed by atoms with Crippen LogP contribution in [0, 0.1) is 5.92 Å². The molecule has 1 aromatic carbocycles. The minimum absolute atomic E-state index is 0.0251. The summed E-state index contributed by atoms with van der Waals surface area (Å²) in [5.41, 5.74) is 1.91. The minimum atomic E-state index is -0.120. The van der Waals surface area contributed by atoms with Crippen LogP contribution in [0.2, 0.25) is 0 Å². The summed E-state index contributed by atoms with van der Waals surface area (Å²) in [7, 11) is 1.45. The molecule has 3 heterocycles. The lowest BCUT2D eigenvalue weighted by atomic mass is 9.97. The van der Waals surface area contributed by atoms with Gasteiger partial charge in [0.15, 0.2) is 0 Å². The third-order valence-corrected chi connectivity index (χ3v) is 4.66. The number of hydrogen-bond donors (Lipinski definition) is 0. The molecule has 0 N–H and O–H groups in total. The first-order valence-corrected chi connectivity index (χ1v) is 8.35. The Labute approximate surface area is 145 Å². The van der Waals surface area contributed by atoms with Gasteiger partial charge in [-0.25, -0.2) is 4.98 Å². The average Bonchev–Trinajstić information content (AvgIpc) is 3.16. The van der Waals surface area contributed by atoms with Gasteiger partial charge in [0.05, 0.1) is 18.7 Å². The summed E-state index contributed by atoms with van der Waals surface area (Å²) in [5.74, 6) is 1.38. The number of piperidine rings is 1. The van der Waals surface area contributed by atoms with Crippen molar-refractivity contribution in [3.63, 3.8) is 0 Å². The Balaban J connectivity index is 1.68. The number of esters is 1. The van der Waals surface area contributed by atoms with E-state index in [1.165, 1.54) is 13.4 Å². The Morgan fingerprint density at radius 3 is 2.68 bits per heavy atom. The summed E-state index contributed by atoms with van der Waals surface area (Å²) in [5, 5.41) is 4.31. The van der Waals surface area contributed by atoms with Crippen LogP contribution in [0.5, 0.6) is 0 Å². The van der Waals surface area contributed by atoms with Crippen LogP contribution in [-0.2, 0) is 9.53 Å². The van der Waals surface area contributed by atoms with E-state index in [-0.39, 0.29) is 11.9 Å². The van der Waals surface area contributed by atoms with Crippen LogP contribution in [0.1, 0.15) is 12.8 Å². The van der Waals surface area contributed by atoms with Gasteiger partial charge in [0.2, 0.25) is 0 Å². The number of carbonyl (C=O) groups is 1. The fraction of sp³-hybridized carbons (Fsp3) is 0.333. The highest BCUT2D eigenvalue weighted by Gasteiger charge is 2.27. The van der Waals surface area contributed by atoms with Crippen molar-refractivity contribution in [2.45, 2.75) is 12.8 Å². The molecule has 7 nitrogen and oxygen atoms in total. The molecule has 0 spiro atoms. The number of carbonyl (C=O) groups excluding carboxylic acids is 1. The Morgan fingerprint density at radius 2 is 1.96 bits per heavy atom. The van der Waals surface area contributed by atoms with E-state index in [1.807, 2.05) is 36.4 Å². The van der Waals surface area contributed by atoms with Crippen molar-refractivity contribution in [1.82, 2.24) is 19.6 Å². The molecule has 0 unspecified atom stereocenters. The van der Waals surface area contributed by atoms with Gasteiger partial charge in [0.25, 0.3) is 5.78 Å². The maximum absolute atomic E-state index is 11.7. The van der Waals surface area contributed by atoms with Crippen LogP contribution in [0.25, 0.3) is 17.0 Å². The van der Waals surface area contributed by atoms with E-state index in [2.05, 4.69) is 20.0 Å². The summed E-state index contributed by atoms with van der Waals surface area (Å²) in [6.45, 7) is 1.54. The monoisotopic (exact) mass is 337 g/mol. The number of nitrogens with zero attached hydrogens (tertiary/aromatic N) is 5. The number of hydrogen-bond acceptors (Lipinski definition) is 6. The number of benzene rings is 1. The van der Waals surface area contributed by atoms with Gasteiger partial charge in [-0.3, -0.25) is 4.79 Å². The molecule has 7 heteroatoms. The molecule has 128 valence electrons. The molecule has 4 rings (SSSR count).